The summed E-state index contributed by atoms with van der Waals surface area (Å²) in [5.41, 5.74) is 4.73. The van der Waals surface area contributed by atoms with Crippen LogP contribution in [0.25, 0.3) is 66.8 Å². The first-order valence-electron chi connectivity index (χ1n) is 15.7. The van der Waals surface area contributed by atoms with Crippen LogP contribution < -0.4 is 4.74 Å². The van der Waals surface area contributed by atoms with Crippen LogP contribution in [-0.4, -0.2) is 27.5 Å². The zero-order valence-corrected chi connectivity index (χ0v) is 27.4. The second kappa shape index (κ2) is 13.3. The Morgan fingerprint density at radius 1 is 0.540 bits per heavy atom. The van der Waals surface area contributed by atoms with E-state index in [1.54, 1.807) is 97.1 Å². The summed E-state index contributed by atoms with van der Waals surface area (Å²) in [7, 11) is 1.52. The van der Waals surface area contributed by atoms with Crippen molar-refractivity contribution in [3.63, 3.8) is 0 Å². The molecule has 50 heavy (non-hydrogen) atoms. The number of phenolic OH excluding ortho intramolecular Hbond substituents is 4. The lowest BCUT2D eigenvalue weighted by Gasteiger charge is -2.23. The third-order valence-corrected chi connectivity index (χ3v) is 9.02. The first-order valence-corrected chi connectivity index (χ1v) is 16.0. The lowest BCUT2D eigenvalue weighted by Crippen LogP contribution is -1.99. The number of rotatable bonds is 7. The Morgan fingerprint density at radius 3 is 1.84 bits per heavy atom. The molecule has 0 heterocycles. The van der Waals surface area contributed by atoms with Gasteiger partial charge in [-0.1, -0.05) is 103 Å². The highest BCUT2D eigenvalue weighted by Gasteiger charge is 2.28. The Bertz CT molecular complexity index is 2400. The Kier molecular flexibility index (Phi) is 8.62. The van der Waals surface area contributed by atoms with Crippen LogP contribution in [-0.2, 0) is 0 Å². The van der Waals surface area contributed by atoms with Gasteiger partial charge in [-0.25, -0.2) is 4.39 Å². The molecule has 0 aromatic heterocycles. The molecule has 0 amide bonds. The van der Waals surface area contributed by atoms with Crippen molar-refractivity contribution in [3.8, 4) is 95.5 Å². The summed E-state index contributed by atoms with van der Waals surface area (Å²) in [5.74, 6) is -0.391. The van der Waals surface area contributed by atoms with E-state index in [2.05, 4.69) is 6.07 Å². The van der Waals surface area contributed by atoms with Crippen LogP contribution in [0.1, 0.15) is 0 Å². The van der Waals surface area contributed by atoms with E-state index in [9.17, 15) is 20.4 Å². The van der Waals surface area contributed by atoms with Gasteiger partial charge in [0, 0.05) is 50.6 Å². The molecule has 7 aromatic rings. The van der Waals surface area contributed by atoms with Gasteiger partial charge in [-0.15, -0.1) is 0 Å². The fourth-order valence-electron chi connectivity index (χ4n) is 6.39. The summed E-state index contributed by atoms with van der Waals surface area (Å²) < 4.78 is 21.7. The molecule has 7 aromatic carbocycles. The summed E-state index contributed by atoms with van der Waals surface area (Å²) >= 11 is 7.13. The fourth-order valence-corrected chi connectivity index (χ4v) is 6.72. The maximum Gasteiger partial charge on any atom is 0.132 e. The molecular weight excluding hydrogens is 651 g/mol. The van der Waals surface area contributed by atoms with Gasteiger partial charge in [0.25, 0.3) is 0 Å². The van der Waals surface area contributed by atoms with Gasteiger partial charge in [0.05, 0.1) is 12.1 Å². The molecule has 0 atom stereocenters. The molecule has 0 unspecified atom stereocenters. The molecule has 0 aliphatic heterocycles. The smallest absolute Gasteiger partial charge is 0.132 e. The van der Waals surface area contributed by atoms with Crippen molar-refractivity contribution >= 4 is 11.6 Å². The minimum absolute atomic E-state index is 0.0526. The number of aromatic hydroxyl groups is 4. The van der Waals surface area contributed by atoms with E-state index < -0.39 is 5.82 Å². The molecule has 0 fully saturated rings. The summed E-state index contributed by atoms with van der Waals surface area (Å²) in [6.07, 6.45) is 0. The van der Waals surface area contributed by atoms with Crippen LogP contribution in [0.15, 0.2) is 133 Å². The van der Waals surface area contributed by atoms with Crippen molar-refractivity contribution in [2.45, 2.75) is 0 Å². The molecule has 1 radical (unpaired) electrons. The molecule has 245 valence electrons. The van der Waals surface area contributed by atoms with Crippen LogP contribution in [0.4, 0.5) is 4.39 Å². The third kappa shape index (κ3) is 5.76. The first-order chi connectivity index (χ1) is 24.3. The number of hydrogen-bond donors (Lipinski definition) is 4. The minimum atomic E-state index is -0.557. The molecule has 0 aliphatic carbocycles. The Hall–Kier alpha value is -6.24. The topological polar surface area (TPSA) is 90.2 Å². The maximum atomic E-state index is 16.0. The van der Waals surface area contributed by atoms with Gasteiger partial charge in [-0.3, -0.25) is 0 Å². The molecule has 0 saturated carbocycles. The normalized spacial score (nSPS) is 11.0. The van der Waals surface area contributed by atoms with Gasteiger partial charge in [-0.05, 0) is 64.7 Å². The van der Waals surface area contributed by atoms with E-state index in [1.165, 1.54) is 31.4 Å². The van der Waals surface area contributed by atoms with E-state index >= 15 is 4.39 Å². The highest BCUT2D eigenvalue weighted by Crippen LogP contribution is 2.54. The largest absolute Gasteiger partial charge is 0.508 e. The molecule has 0 spiro atoms. The molecule has 7 rings (SSSR count). The molecule has 0 saturated heterocycles. The van der Waals surface area contributed by atoms with Crippen LogP contribution >= 0.6 is 11.6 Å². The van der Waals surface area contributed by atoms with Crippen molar-refractivity contribution in [3.05, 3.63) is 150 Å². The Morgan fingerprint density at radius 2 is 1.12 bits per heavy atom. The number of ether oxygens (including phenoxy) is 1. The monoisotopic (exact) mass is 679 g/mol. The van der Waals surface area contributed by atoms with Gasteiger partial charge >= 0.3 is 0 Å². The third-order valence-electron chi connectivity index (χ3n) is 8.61. The number of para-hydroxylation sites is 1. The number of methoxy groups -OCH3 is 1. The first kappa shape index (κ1) is 32.3. The number of hydrogen-bond acceptors (Lipinski definition) is 5. The van der Waals surface area contributed by atoms with Crippen molar-refractivity contribution in [2.24, 2.45) is 0 Å². The van der Waals surface area contributed by atoms with E-state index in [1.807, 2.05) is 12.1 Å². The SMILES string of the molecule is COc1ccccc1-c1[c]c(-c2cccc(O)c2-c2cccc(-c3cccc(O)c3)c2Cl)c(-c2ccccc2F)c(-c2cccc(O)c2)c1O. The summed E-state index contributed by atoms with van der Waals surface area (Å²) in [4.78, 5) is 0. The van der Waals surface area contributed by atoms with Crippen molar-refractivity contribution in [2.75, 3.05) is 7.11 Å². The van der Waals surface area contributed by atoms with Crippen molar-refractivity contribution in [1.82, 2.24) is 0 Å². The van der Waals surface area contributed by atoms with Crippen molar-refractivity contribution in [1.29, 1.82) is 0 Å². The van der Waals surface area contributed by atoms with Gasteiger partial charge in [0.2, 0.25) is 0 Å². The second-order valence-corrected chi connectivity index (χ2v) is 12.0. The van der Waals surface area contributed by atoms with Crippen LogP contribution in [0.2, 0.25) is 5.02 Å². The molecule has 5 nitrogen and oxygen atoms in total. The van der Waals surface area contributed by atoms with Crippen LogP contribution in [0, 0.1) is 11.9 Å². The number of benzene rings is 7. The summed E-state index contributed by atoms with van der Waals surface area (Å²) in [6.45, 7) is 0. The lowest BCUT2D eigenvalue weighted by molar-refractivity contribution is 0.416. The second-order valence-electron chi connectivity index (χ2n) is 11.6. The number of halogens is 2. The van der Waals surface area contributed by atoms with Gasteiger partial charge < -0.3 is 25.2 Å². The Labute approximate surface area is 293 Å². The highest BCUT2D eigenvalue weighted by molar-refractivity contribution is 6.36. The lowest BCUT2D eigenvalue weighted by atomic mass is 9.81. The average Bonchev–Trinajstić information content (AvgIpc) is 3.12. The van der Waals surface area contributed by atoms with Crippen LogP contribution in [0.3, 0.4) is 0 Å². The summed E-state index contributed by atoms with van der Waals surface area (Å²) in [5, 5.41) is 44.9. The molecular formula is C43H29ClFO5. The van der Waals surface area contributed by atoms with E-state index in [0.717, 1.165) is 0 Å². The molecule has 0 bridgehead atoms. The zero-order chi connectivity index (χ0) is 34.9. The van der Waals surface area contributed by atoms with Gasteiger partial charge in [0.15, 0.2) is 0 Å². The zero-order valence-electron chi connectivity index (χ0n) is 26.7. The number of phenols is 4. The maximum absolute atomic E-state index is 16.0. The van der Waals surface area contributed by atoms with E-state index in [-0.39, 0.29) is 45.3 Å². The Balaban J connectivity index is 1.64. The van der Waals surface area contributed by atoms with Gasteiger partial charge in [-0.2, -0.15) is 0 Å². The average molecular weight is 680 g/mol. The van der Waals surface area contributed by atoms with Crippen LogP contribution in [0.5, 0.6) is 28.7 Å². The standard InChI is InChI=1S/C43H29ClFO5/c1-50-38-21-5-3-14-30(38)35-24-34(41(32-15-2-4-19-36(32)45)39(43(35)49)26-11-7-13-28(47)23-26)31-17-9-20-37(48)40(31)33-18-8-16-29(42(33)44)25-10-6-12-27(46)22-25/h2-23,46-49H,1H3. The molecule has 7 heteroatoms. The van der Waals surface area contributed by atoms with E-state index in [4.69, 9.17) is 16.3 Å². The minimum Gasteiger partial charge on any atom is -0.508 e. The predicted octanol–water partition coefficient (Wildman–Crippen LogP) is 11.1. The predicted molar refractivity (Wildman–Crippen MR) is 196 cm³/mol. The molecule has 4 N–H and O–H groups in total. The van der Waals surface area contributed by atoms with Crippen molar-refractivity contribution < 1.29 is 29.6 Å². The van der Waals surface area contributed by atoms with Gasteiger partial charge in [0.1, 0.15) is 34.6 Å². The quantitative estimate of drug-likeness (QED) is 0.135. The highest BCUT2D eigenvalue weighted by atomic mass is 35.5. The summed E-state index contributed by atoms with van der Waals surface area (Å²) in [6, 6.07) is 40.2. The van der Waals surface area contributed by atoms with E-state index in [0.29, 0.717) is 55.3 Å². The fraction of sp³-hybridized carbons (Fsp3) is 0.0233. The molecule has 0 aliphatic rings.